The minimum atomic E-state index is -3.43. The van der Waals surface area contributed by atoms with Crippen LogP contribution in [0.25, 0.3) is 10.2 Å². The van der Waals surface area contributed by atoms with Crippen molar-refractivity contribution in [1.82, 2.24) is 4.57 Å². The average molecular weight is 418 g/mol. The topological polar surface area (TPSA) is 94.8 Å². The molecule has 0 aliphatic carbocycles. The third-order valence-corrected chi connectivity index (χ3v) is 6.91. The Morgan fingerprint density at radius 2 is 1.89 bits per heavy atom. The SMILES string of the molecule is CCS(=O)(=O)c1cccc(C(=O)N=c2sc3ccccc3n2CC(=O)OC)c1. The highest BCUT2D eigenvalue weighted by atomic mass is 32.2. The molecule has 0 N–H and O–H groups in total. The van der Waals surface area contributed by atoms with Crippen LogP contribution in [-0.2, 0) is 25.9 Å². The van der Waals surface area contributed by atoms with E-state index in [2.05, 4.69) is 4.99 Å². The highest BCUT2D eigenvalue weighted by Gasteiger charge is 2.15. The molecule has 0 saturated heterocycles. The molecule has 7 nitrogen and oxygen atoms in total. The van der Waals surface area contributed by atoms with Crippen LogP contribution in [0.3, 0.4) is 0 Å². The van der Waals surface area contributed by atoms with Gasteiger partial charge in [-0.25, -0.2) is 8.42 Å². The van der Waals surface area contributed by atoms with Crippen molar-refractivity contribution in [2.45, 2.75) is 18.4 Å². The Kier molecular flexibility index (Phi) is 5.76. The van der Waals surface area contributed by atoms with Crippen LogP contribution < -0.4 is 4.80 Å². The van der Waals surface area contributed by atoms with E-state index in [-0.39, 0.29) is 22.8 Å². The minimum Gasteiger partial charge on any atom is -0.468 e. The number of sulfone groups is 1. The molecule has 1 aromatic heterocycles. The summed E-state index contributed by atoms with van der Waals surface area (Å²) in [5.74, 6) is -1.11. The van der Waals surface area contributed by atoms with Crippen LogP contribution in [0.1, 0.15) is 17.3 Å². The van der Waals surface area contributed by atoms with Gasteiger partial charge >= 0.3 is 5.97 Å². The Morgan fingerprint density at radius 1 is 1.14 bits per heavy atom. The lowest BCUT2D eigenvalue weighted by Crippen LogP contribution is -2.22. The van der Waals surface area contributed by atoms with Crippen LogP contribution in [0, 0.1) is 0 Å². The van der Waals surface area contributed by atoms with E-state index in [0.29, 0.717) is 4.80 Å². The van der Waals surface area contributed by atoms with E-state index < -0.39 is 21.7 Å². The Balaban J connectivity index is 2.10. The van der Waals surface area contributed by atoms with Gasteiger partial charge in [0.1, 0.15) is 6.54 Å². The van der Waals surface area contributed by atoms with Gasteiger partial charge in [-0.3, -0.25) is 9.59 Å². The summed E-state index contributed by atoms with van der Waals surface area (Å²) >= 11 is 1.26. The molecule has 28 heavy (non-hydrogen) atoms. The molecule has 0 bridgehead atoms. The molecular formula is C19H18N2O5S2. The van der Waals surface area contributed by atoms with Crippen molar-refractivity contribution in [3.05, 3.63) is 58.9 Å². The molecule has 1 amide bonds. The van der Waals surface area contributed by atoms with Crippen molar-refractivity contribution >= 4 is 43.3 Å². The fourth-order valence-corrected chi connectivity index (χ4v) is 4.55. The monoisotopic (exact) mass is 418 g/mol. The van der Waals surface area contributed by atoms with E-state index in [1.165, 1.54) is 42.7 Å². The van der Waals surface area contributed by atoms with Gasteiger partial charge in [-0.15, -0.1) is 0 Å². The molecule has 0 saturated carbocycles. The predicted octanol–water partition coefficient (Wildman–Crippen LogP) is 2.41. The zero-order chi connectivity index (χ0) is 20.3. The van der Waals surface area contributed by atoms with Gasteiger partial charge in [0.15, 0.2) is 14.6 Å². The number of esters is 1. The van der Waals surface area contributed by atoms with Crippen molar-refractivity contribution in [3.8, 4) is 0 Å². The van der Waals surface area contributed by atoms with Gasteiger partial charge in [0.05, 0.1) is 28.0 Å². The molecule has 3 rings (SSSR count). The Morgan fingerprint density at radius 3 is 2.61 bits per heavy atom. The number of carbonyl (C=O) groups excluding carboxylic acids is 2. The van der Waals surface area contributed by atoms with Gasteiger partial charge in [-0.2, -0.15) is 4.99 Å². The number of amides is 1. The fourth-order valence-electron chi connectivity index (χ4n) is 2.59. The molecule has 0 spiro atoms. The number of aromatic nitrogens is 1. The maximum absolute atomic E-state index is 12.7. The lowest BCUT2D eigenvalue weighted by Gasteiger charge is -2.04. The molecule has 1 heterocycles. The van der Waals surface area contributed by atoms with Gasteiger partial charge in [0.2, 0.25) is 0 Å². The Labute approximate surface area is 165 Å². The molecule has 0 aliphatic rings. The maximum atomic E-state index is 12.7. The summed E-state index contributed by atoms with van der Waals surface area (Å²) in [6.45, 7) is 1.46. The molecule has 0 fully saturated rings. The van der Waals surface area contributed by atoms with E-state index in [4.69, 9.17) is 4.74 Å². The van der Waals surface area contributed by atoms with Crippen LogP contribution in [0.15, 0.2) is 58.4 Å². The zero-order valence-corrected chi connectivity index (χ0v) is 16.9. The van der Waals surface area contributed by atoms with Gasteiger partial charge < -0.3 is 9.30 Å². The molecule has 9 heteroatoms. The van der Waals surface area contributed by atoms with E-state index in [1.54, 1.807) is 11.5 Å². The van der Waals surface area contributed by atoms with Crippen LogP contribution in [0.5, 0.6) is 0 Å². The zero-order valence-electron chi connectivity index (χ0n) is 15.3. The van der Waals surface area contributed by atoms with Crippen LogP contribution in [-0.4, -0.2) is 37.7 Å². The van der Waals surface area contributed by atoms with Gasteiger partial charge in [0, 0.05) is 5.56 Å². The first-order valence-corrected chi connectivity index (χ1v) is 10.9. The molecule has 0 radical (unpaired) electrons. The fraction of sp³-hybridized carbons (Fsp3) is 0.211. The van der Waals surface area contributed by atoms with Gasteiger partial charge in [0.25, 0.3) is 5.91 Å². The first-order valence-electron chi connectivity index (χ1n) is 8.43. The molecule has 146 valence electrons. The second-order valence-electron chi connectivity index (χ2n) is 5.86. The number of thiazole rings is 1. The van der Waals surface area contributed by atoms with Gasteiger partial charge in [-0.05, 0) is 30.3 Å². The second kappa shape index (κ2) is 8.07. The van der Waals surface area contributed by atoms with E-state index in [0.717, 1.165) is 10.2 Å². The standard InChI is InChI=1S/C19H18N2O5S2/c1-3-28(24,25)14-8-6-7-13(11-14)18(23)20-19-21(12-17(22)26-2)15-9-4-5-10-16(15)27-19/h4-11H,3,12H2,1-2H3. The summed E-state index contributed by atoms with van der Waals surface area (Å²) in [5.41, 5.74) is 0.920. The Hall–Kier alpha value is -2.78. The van der Waals surface area contributed by atoms with Crippen molar-refractivity contribution in [3.63, 3.8) is 0 Å². The highest BCUT2D eigenvalue weighted by molar-refractivity contribution is 7.91. The normalized spacial score (nSPS) is 12.3. The first-order chi connectivity index (χ1) is 13.4. The highest BCUT2D eigenvalue weighted by Crippen LogP contribution is 2.18. The van der Waals surface area contributed by atoms with Crippen molar-refractivity contribution in [2.24, 2.45) is 4.99 Å². The minimum absolute atomic E-state index is 0.0583. The largest absolute Gasteiger partial charge is 0.468 e. The van der Waals surface area contributed by atoms with Crippen molar-refractivity contribution < 1.29 is 22.7 Å². The molecule has 0 aliphatic heterocycles. The average Bonchev–Trinajstić information content (AvgIpc) is 3.05. The molecule has 0 atom stereocenters. The quantitative estimate of drug-likeness (QED) is 0.593. The number of methoxy groups -OCH3 is 1. The number of hydrogen-bond donors (Lipinski definition) is 0. The summed E-state index contributed by atoms with van der Waals surface area (Å²) in [4.78, 5) is 29.0. The second-order valence-corrected chi connectivity index (χ2v) is 9.15. The smallest absolute Gasteiger partial charge is 0.325 e. The third kappa shape index (κ3) is 4.05. The number of para-hydroxylation sites is 1. The summed E-state index contributed by atoms with van der Waals surface area (Å²) in [6.07, 6.45) is 0. The lowest BCUT2D eigenvalue weighted by molar-refractivity contribution is -0.141. The molecule has 0 unspecified atom stereocenters. The van der Waals surface area contributed by atoms with Crippen LogP contribution in [0.2, 0.25) is 0 Å². The number of hydrogen-bond acceptors (Lipinski definition) is 6. The van der Waals surface area contributed by atoms with Crippen molar-refractivity contribution in [1.29, 1.82) is 0 Å². The number of benzene rings is 2. The van der Waals surface area contributed by atoms with Crippen LogP contribution in [0.4, 0.5) is 0 Å². The van der Waals surface area contributed by atoms with E-state index in [1.807, 2.05) is 24.3 Å². The number of ether oxygens (including phenoxy) is 1. The van der Waals surface area contributed by atoms with E-state index in [9.17, 15) is 18.0 Å². The molecule has 2 aromatic carbocycles. The number of nitrogens with zero attached hydrogens (tertiary/aromatic N) is 2. The molecule has 3 aromatic rings. The predicted molar refractivity (Wildman–Crippen MR) is 106 cm³/mol. The lowest BCUT2D eigenvalue weighted by atomic mass is 10.2. The third-order valence-electron chi connectivity index (χ3n) is 4.12. The first kappa shape index (κ1) is 20.0. The summed E-state index contributed by atoms with van der Waals surface area (Å²) in [6, 6.07) is 13.2. The molecular weight excluding hydrogens is 400 g/mol. The summed E-state index contributed by atoms with van der Waals surface area (Å²) in [7, 11) is -2.14. The number of rotatable bonds is 5. The van der Waals surface area contributed by atoms with Gasteiger partial charge in [-0.1, -0.05) is 36.5 Å². The maximum Gasteiger partial charge on any atom is 0.325 e. The van der Waals surface area contributed by atoms with Crippen molar-refractivity contribution in [2.75, 3.05) is 12.9 Å². The number of fused-ring (bicyclic) bond motifs is 1. The number of carbonyl (C=O) groups is 2. The summed E-state index contributed by atoms with van der Waals surface area (Å²) < 4.78 is 31.3. The van der Waals surface area contributed by atoms with Crippen LogP contribution >= 0.6 is 11.3 Å². The summed E-state index contributed by atoms with van der Waals surface area (Å²) in [5, 5.41) is 0. The van der Waals surface area contributed by atoms with E-state index >= 15 is 0 Å². The Bertz CT molecular complexity index is 1220.